The van der Waals surface area contributed by atoms with Crippen LogP contribution in [0.1, 0.15) is 55.4 Å². The molecule has 8 nitrogen and oxygen atoms in total. The van der Waals surface area contributed by atoms with Crippen LogP contribution in [0.3, 0.4) is 0 Å². The van der Waals surface area contributed by atoms with Gasteiger partial charge in [-0.1, -0.05) is 5.16 Å². The maximum absolute atomic E-state index is 12.6. The standard InChI is InChI=1S/C19H27N5O3/c1-14-5-9-24(21-14)13-16(25)23-10-6-19(7-11-23,8-12-26-2)18-20-17(27-22-18)15-3-4-15/h5,9,15H,3-4,6-8,10-13H2,1-2H3. The minimum Gasteiger partial charge on any atom is -0.385 e. The van der Waals surface area contributed by atoms with Crippen molar-refractivity contribution in [2.75, 3.05) is 26.8 Å². The molecule has 2 aromatic heterocycles. The van der Waals surface area contributed by atoms with Crippen molar-refractivity contribution in [1.29, 1.82) is 0 Å². The Bertz CT molecular complexity index is 787. The van der Waals surface area contributed by atoms with Gasteiger partial charge in [-0.2, -0.15) is 10.1 Å². The lowest BCUT2D eigenvalue weighted by Crippen LogP contribution is -2.47. The fourth-order valence-electron chi connectivity index (χ4n) is 3.80. The summed E-state index contributed by atoms with van der Waals surface area (Å²) in [5.74, 6) is 2.11. The number of likely N-dealkylation sites (tertiary alicyclic amines) is 1. The highest BCUT2D eigenvalue weighted by atomic mass is 16.5. The Kier molecular flexibility index (Phi) is 4.99. The highest BCUT2D eigenvalue weighted by Crippen LogP contribution is 2.42. The van der Waals surface area contributed by atoms with Crippen molar-refractivity contribution >= 4 is 5.91 Å². The number of piperidine rings is 1. The molecule has 3 heterocycles. The normalized spacial score (nSPS) is 19.4. The molecule has 1 saturated heterocycles. The number of carbonyl (C=O) groups excluding carboxylic acids is 1. The van der Waals surface area contributed by atoms with E-state index in [4.69, 9.17) is 14.2 Å². The van der Waals surface area contributed by atoms with Crippen molar-refractivity contribution in [1.82, 2.24) is 24.8 Å². The fourth-order valence-corrected chi connectivity index (χ4v) is 3.80. The Hall–Kier alpha value is -2.22. The zero-order chi connectivity index (χ0) is 18.9. The first-order valence-corrected chi connectivity index (χ1v) is 9.70. The first kappa shape index (κ1) is 18.2. The van der Waals surface area contributed by atoms with Crippen LogP contribution in [-0.4, -0.2) is 57.5 Å². The molecule has 0 bridgehead atoms. The Balaban J connectivity index is 1.43. The first-order chi connectivity index (χ1) is 13.1. The van der Waals surface area contributed by atoms with Gasteiger partial charge >= 0.3 is 0 Å². The van der Waals surface area contributed by atoms with Crippen molar-refractivity contribution in [3.8, 4) is 0 Å². The molecule has 2 aromatic rings. The van der Waals surface area contributed by atoms with Crippen molar-refractivity contribution in [2.24, 2.45) is 0 Å². The number of rotatable bonds is 7. The van der Waals surface area contributed by atoms with Gasteiger partial charge in [0.05, 0.1) is 5.69 Å². The molecule has 1 aliphatic heterocycles. The number of amides is 1. The van der Waals surface area contributed by atoms with E-state index in [-0.39, 0.29) is 17.9 Å². The van der Waals surface area contributed by atoms with E-state index in [1.807, 2.05) is 24.1 Å². The molecule has 0 spiro atoms. The van der Waals surface area contributed by atoms with Gasteiger partial charge in [0.1, 0.15) is 6.54 Å². The number of aromatic nitrogens is 4. The minimum atomic E-state index is -0.175. The van der Waals surface area contributed by atoms with E-state index >= 15 is 0 Å². The second-order valence-electron chi connectivity index (χ2n) is 7.79. The smallest absolute Gasteiger partial charge is 0.244 e. The summed E-state index contributed by atoms with van der Waals surface area (Å²) < 4.78 is 12.5. The highest BCUT2D eigenvalue weighted by Gasteiger charge is 2.42. The van der Waals surface area contributed by atoms with Crippen LogP contribution in [0.4, 0.5) is 0 Å². The molecule has 1 amide bonds. The Morgan fingerprint density at radius 3 is 2.78 bits per heavy atom. The van der Waals surface area contributed by atoms with Gasteiger partial charge in [0.15, 0.2) is 5.82 Å². The van der Waals surface area contributed by atoms with Crippen LogP contribution in [0, 0.1) is 6.92 Å². The number of hydrogen-bond donors (Lipinski definition) is 0. The summed E-state index contributed by atoms with van der Waals surface area (Å²) in [5, 5.41) is 8.61. The minimum absolute atomic E-state index is 0.102. The van der Waals surface area contributed by atoms with Crippen LogP contribution >= 0.6 is 0 Å². The van der Waals surface area contributed by atoms with Gasteiger partial charge in [-0.15, -0.1) is 0 Å². The highest BCUT2D eigenvalue weighted by molar-refractivity contribution is 5.76. The largest absolute Gasteiger partial charge is 0.385 e. The molecule has 1 aliphatic carbocycles. The number of carbonyl (C=O) groups is 1. The third-order valence-corrected chi connectivity index (χ3v) is 5.77. The van der Waals surface area contributed by atoms with E-state index in [0.717, 1.165) is 49.5 Å². The van der Waals surface area contributed by atoms with Gasteiger partial charge < -0.3 is 14.2 Å². The molecule has 27 heavy (non-hydrogen) atoms. The Labute approximate surface area is 158 Å². The maximum atomic E-state index is 12.6. The molecule has 0 aromatic carbocycles. The van der Waals surface area contributed by atoms with Crippen molar-refractivity contribution in [2.45, 2.75) is 56.9 Å². The van der Waals surface area contributed by atoms with Crippen molar-refractivity contribution < 1.29 is 14.1 Å². The lowest BCUT2D eigenvalue weighted by molar-refractivity contribution is -0.133. The number of ether oxygens (including phenoxy) is 1. The van der Waals surface area contributed by atoms with Gasteiger partial charge in [-0.3, -0.25) is 9.48 Å². The molecule has 2 fully saturated rings. The Morgan fingerprint density at radius 2 is 2.15 bits per heavy atom. The lowest BCUT2D eigenvalue weighted by atomic mass is 9.75. The summed E-state index contributed by atoms with van der Waals surface area (Å²) in [4.78, 5) is 19.3. The molecular weight excluding hydrogens is 346 g/mol. The van der Waals surface area contributed by atoms with Gasteiger partial charge in [0, 0.05) is 44.3 Å². The van der Waals surface area contributed by atoms with E-state index < -0.39 is 0 Å². The predicted molar refractivity (Wildman–Crippen MR) is 97.2 cm³/mol. The van der Waals surface area contributed by atoms with E-state index in [2.05, 4.69) is 10.3 Å². The second-order valence-corrected chi connectivity index (χ2v) is 7.79. The predicted octanol–water partition coefficient (Wildman–Crippen LogP) is 2.05. The molecule has 0 radical (unpaired) electrons. The molecule has 2 aliphatic rings. The monoisotopic (exact) mass is 373 g/mol. The molecule has 0 N–H and O–H groups in total. The lowest BCUT2D eigenvalue weighted by Gasteiger charge is -2.39. The quantitative estimate of drug-likeness (QED) is 0.738. The van der Waals surface area contributed by atoms with Gasteiger partial charge in [-0.05, 0) is 45.1 Å². The first-order valence-electron chi connectivity index (χ1n) is 9.70. The van der Waals surface area contributed by atoms with Crippen LogP contribution < -0.4 is 0 Å². The van der Waals surface area contributed by atoms with E-state index in [0.29, 0.717) is 25.6 Å². The molecule has 146 valence electrons. The van der Waals surface area contributed by atoms with Gasteiger partial charge in [0.2, 0.25) is 11.8 Å². The molecule has 0 unspecified atom stereocenters. The zero-order valence-electron chi connectivity index (χ0n) is 16.1. The molecule has 4 rings (SSSR count). The summed E-state index contributed by atoms with van der Waals surface area (Å²) in [6.45, 7) is 4.24. The van der Waals surface area contributed by atoms with Gasteiger partial charge in [-0.25, -0.2) is 0 Å². The van der Waals surface area contributed by atoms with Crippen LogP contribution in [0.2, 0.25) is 0 Å². The third-order valence-electron chi connectivity index (χ3n) is 5.77. The third kappa shape index (κ3) is 3.90. The van der Waals surface area contributed by atoms with Crippen LogP contribution in [0.25, 0.3) is 0 Å². The summed E-state index contributed by atoms with van der Waals surface area (Å²) in [5.41, 5.74) is 0.745. The summed E-state index contributed by atoms with van der Waals surface area (Å²) in [6, 6.07) is 1.91. The SMILES string of the molecule is COCCC1(c2noc(C3CC3)n2)CCN(C(=O)Cn2ccc(C)n2)CC1. The Morgan fingerprint density at radius 1 is 1.37 bits per heavy atom. The van der Waals surface area contributed by atoms with Crippen LogP contribution in [0.15, 0.2) is 16.8 Å². The van der Waals surface area contributed by atoms with E-state index in [9.17, 15) is 4.79 Å². The average molecular weight is 373 g/mol. The zero-order valence-corrected chi connectivity index (χ0v) is 16.1. The topological polar surface area (TPSA) is 86.3 Å². The van der Waals surface area contributed by atoms with E-state index in [1.54, 1.807) is 11.8 Å². The van der Waals surface area contributed by atoms with Crippen molar-refractivity contribution in [3.63, 3.8) is 0 Å². The summed E-state index contributed by atoms with van der Waals surface area (Å²) in [6.07, 6.45) is 6.61. The fraction of sp³-hybridized carbons (Fsp3) is 0.684. The number of methoxy groups -OCH3 is 1. The van der Waals surface area contributed by atoms with Crippen molar-refractivity contribution in [3.05, 3.63) is 29.7 Å². The number of hydrogen-bond acceptors (Lipinski definition) is 6. The second kappa shape index (κ2) is 7.42. The molecule has 8 heteroatoms. The summed E-state index contributed by atoms with van der Waals surface area (Å²) in [7, 11) is 1.71. The maximum Gasteiger partial charge on any atom is 0.244 e. The van der Waals surface area contributed by atoms with E-state index in [1.165, 1.54) is 0 Å². The molecule has 0 atom stereocenters. The molecule has 1 saturated carbocycles. The average Bonchev–Trinajstić information content (AvgIpc) is 3.26. The summed E-state index contributed by atoms with van der Waals surface area (Å²) >= 11 is 0. The number of nitrogens with zero attached hydrogens (tertiary/aromatic N) is 5. The van der Waals surface area contributed by atoms with Crippen LogP contribution in [-0.2, 0) is 21.5 Å². The van der Waals surface area contributed by atoms with Gasteiger partial charge in [0.25, 0.3) is 0 Å². The van der Waals surface area contributed by atoms with Crippen LogP contribution in [0.5, 0.6) is 0 Å². The number of aryl methyl sites for hydroxylation is 1. The molecular formula is C19H27N5O3.